The van der Waals surface area contributed by atoms with Crippen molar-refractivity contribution in [3.63, 3.8) is 0 Å². The molecule has 120 valence electrons. The molecule has 1 aromatic rings. The fraction of sp³-hybridized carbons (Fsp3) is 0.692. The highest BCUT2D eigenvalue weighted by atomic mass is 35.5. The van der Waals surface area contributed by atoms with Crippen LogP contribution in [0, 0.1) is 0 Å². The molecule has 1 aliphatic heterocycles. The van der Waals surface area contributed by atoms with Crippen LogP contribution in [0.1, 0.15) is 29.1 Å². The number of hydrogen-bond donors (Lipinski definition) is 2. The van der Waals surface area contributed by atoms with Gasteiger partial charge in [0.1, 0.15) is 6.61 Å². The minimum Gasteiger partial charge on any atom is -0.383 e. The number of rotatable bonds is 7. The molecule has 21 heavy (non-hydrogen) atoms. The molecule has 0 aromatic carbocycles. The molecule has 2 rings (SSSR count). The first-order valence-corrected chi connectivity index (χ1v) is 6.66. The van der Waals surface area contributed by atoms with Crippen LogP contribution in [0.4, 0.5) is 0 Å². The monoisotopic (exact) mass is 319 g/mol. The first-order chi connectivity index (χ1) is 9.69. The first-order valence-electron chi connectivity index (χ1n) is 6.66. The summed E-state index contributed by atoms with van der Waals surface area (Å²) in [5, 5.41) is 10.0. The Hall–Kier alpha value is -1.15. The summed E-state index contributed by atoms with van der Waals surface area (Å²) in [6, 6.07) is 1.59. The van der Waals surface area contributed by atoms with Gasteiger partial charge < -0.3 is 24.6 Å². The van der Waals surface area contributed by atoms with Crippen molar-refractivity contribution < 1.29 is 18.8 Å². The van der Waals surface area contributed by atoms with Crippen molar-refractivity contribution in [1.29, 1.82) is 0 Å². The summed E-state index contributed by atoms with van der Waals surface area (Å²) in [7, 11) is 3.22. The second-order valence-electron chi connectivity index (χ2n) is 5.04. The number of nitrogens with one attached hydrogen (secondary N) is 2. The van der Waals surface area contributed by atoms with Crippen molar-refractivity contribution in [3.8, 4) is 0 Å². The number of aromatic nitrogens is 1. The highest BCUT2D eigenvalue weighted by Crippen LogP contribution is 2.19. The molecule has 1 saturated heterocycles. The summed E-state index contributed by atoms with van der Waals surface area (Å²) in [5.41, 5.74) is 0.0892. The maximum atomic E-state index is 12.0. The molecular formula is C13H22ClN3O4. The van der Waals surface area contributed by atoms with E-state index in [1.54, 1.807) is 20.3 Å². The van der Waals surface area contributed by atoms with Gasteiger partial charge in [0, 0.05) is 26.8 Å². The number of amides is 1. The van der Waals surface area contributed by atoms with E-state index in [1.165, 1.54) is 0 Å². The smallest absolute Gasteiger partial charge is 0.273 e. The minimum atomic E-state index is -0.250. The normalized spacial score (nSPS) is 21.0. The van der Waals surface area contributed by atoms with Gasteiger partial charge in [-0.05, 0) is 19.4 Å². The molecule has 1 amide bonds. The molecule has 0 saturated carbocycles. The topological polar surface area (TPSA) is 85.6 Å². The molecule has 2 heterocycles. The Morgan fingerprint density at radius 2 is 2.33 bits per heavy atom. The molecule has 7 nitrogen and oxygen atoms in total. The molecule has 0 radical (unpaired) electrons. The second kappa shape index (κ2) is 8.33. The minimum absolute atomic E-state index is 0. The third kappa shape index (κ3) is 4.67. The van der Waals surface area contributed by atoms with Gasteiger partial charge in [-0.1, -0.05) is 5.16 Å². The van der Waals surface area contributed by atoms with E-state index >= 15 is 0 Å². The maximum Gasteiger partial charge on any atom is 0.273 e. The Morgan fingerprint density at radius 3 is 2.95 bits per heavy atom. The van der Waals surface area contributed by atoms with Gasteiger partial charge in [-0.25, -0.2) is 0 Å². The van der Waals surface area contributed by atoms with Gasteiger partial charge in [-0.15, -0.1) is 12.4 Å². The molecule has 1 aromatic heterocycles. The number of carbonyl (C=O) groups excluding carboxylic acids is 1. The van der Waals surface area contributed by atoms with E-state index in [0.29, 0.717) is 25.5 Å². The summed E-state index contributed by atoms with van der Waals surface area (Å²) in [6.07, 6.45) is 2.07. The molecule has 1 atom stereocenters. The van der Waals surface area contributed by atoms with E-state index < -0.39 is 0 Å². The van der Waals surface area contributed by atoms with Gasteiger partial charge in [-0.2, -0.15) is 0 Å². The lowest BCUT2D eigenvalue weighted by Gasteiger charge is -2.28. The van der Waals surface area contributed by atoms with Crippen LogP contribution in [0.15, 0.2) is 10.6 Å². The zero-order valence-corrected chi connectivity index (χ0v) is 13.1. The average Bonchev–Trinajstić information content (AvgIpc) is 3.07. The lowest BCUT2D eigenvalue weighted by Crippen LogP contribution is -2.53. The van der Waals surface area contributed by atoms with E-state index in [0.717, 1.165) is 19.4 Å². The molecule has 0 aliphatic carbocycles. The van der Waals surface area contributed by atoms with E-state index in [-0.39, 0.29) is 29.5 Å². The SMILES string of the molecule is COCc1cc(C(=O)NCC2(COC)CCCN2)no1.Cl. The van der Waals surface area contributed by atoms with Crippen molar-refractivity contribution >= 4 is 18.3 Å². The van der Waals surface area contributed by atoms with E-state index in [9.17, 15) is 4.79 Å². The van der Waals surface area contributed by atoms with Crippen molar-refractivity contribution in [2.45, 2.75) is 25.0 Å². The van der Waals surface area contributed by atoms with Crippen LogP contribution in [-0.2, 0) is 16.1 Å². The Bertz CT molecular complexity index is 446. The molecule has 1 aliphatic rings. The zero-order valence-electron chi connectivity index (χ0n) is 12.3. The van der Waals surface area contributed by atoms with Gasteiger partial charge in [0.2, 0.25) is 0 Å². The predicted octanol–water partition coefficient (Wildman–Crippen LogP) is 0.741. The lowest BCUT2D eigenvalue weighted by molar-refractivity contribution is 0.0883. The van der Waals surface area contributed by atoms with Gasteiger partial charge in [0.05, 0.1) is 12.1 Å². The Labute approximate surface area is 130 Å². The molecule has 0 bridgehead atoms. The lowest BCUT2D eigenvalue weighted by atomic mass is 9.98. The fourth-order valence-corrected chi connectivity index (χ4v) is 2.44. The number of nitrogens with zero attached hydrogens (tertiary/aromatic N) is 1. The number of halogens is 1. The third-order valence-corrected chi connectivity index (χ3v) is 3.42. The van der Waals surface area contributed by atoms with Crippen molar-refractivity contribution in [3.05, 3.63) is 17.5 Å². The number of hydrogen-bond acceptors (Lipinski definition) is 6. The van der Waals surface area contributed by atoms with Crippen LogP contribution >= 0.6 is 12.4 Å². The summed E-state index contributed by atoms with van der Waals surface area (Å²) in [4.78, 5) is 12.0. The van der Waals surface area contributed by atoms with Crippen LogP contribution in [-0.4, -0.2) is 50.5 Å². The Balaban J connectivity index is 0.00000220. The predicted molar refractivity (Wildman–Crippen MR) is 78.6 cm³/mol. The van der Waals surface area contributed by atoms with Gasteiger partial charge in [0.15, 0.2) is 11.5 Å². The molecule has 2 N–H and O–H groups in total. The molecular weight excluding hydrogens is 298 g/mol. The fourth-order valence-electron chi connectivity index (χ4n) is 2.44. The molecule has 1 fully saturated rings. The van der Waals surface area contributed by atoms with Crippen LogP contribution in [0.3, 0.4) is 0 Å². The van der Waals surface area contributed by atoms with Gasteiger partial charge in [-0.3, -0.25) is 4.79 Å². The number of methoxy groups -OCH3 is 2. The first kappa shape index (κ1) is 17.9. The van der Waals surface area contributed by atoms with Crippen LogP contribution in [0.2, 0.25) is 0 Å². The van der Waals surface area contributed by atoms with Gasteiger partial charge in [0.25, 0.3) is 5.91 Å². The quantitative estimate of drug-likeness (QED) is 0.771. The Morgan fingerprint density at radius 1 is 1.52 bits per heavy atom. The summed E-state index contributed by atoms with van der Waals surface area (Å²) in [5.74, 6) is 0.281. The summed E-state index contributed by atoms with van der Waals surface area (Å²) in [6.45, 7) is 2.32. The summed E-state index contributed by atoms with van der Waals surface area (Å²) < 4.78 is 15.2. The number of ether oxygens (including phenoxy) is 2. The highest BCUT2D eigenvalue weighted by Gasteiger charge is 2.34. The largest absolute Gasteiger partial charge is 0.383 e. The van der Waals surface area contributed by atoms with E-state index in [2.05, 4.69) is 15.8 Å². The summed E-state index contributed by atoms with van der Waals surface area (Å²) >= 11 is 0. The molecule has 8 heteroatoms. The van der Waals surface area contributed by atoms with Crippen molar-refractivity contribution in [2.24, 2.45) is 0 Å². The maximum absolute atomic E-state index is 12.0. The average molecular weight is 320 g/mol. The van der Waals surface area contributed by atoms with E-state index in [4.69, 9.17) is 14.0 Å². The standard InChI is InChI=1S/C13H21N3O4.ClH/c1-18-7-10-6-11(16-20-10)12(17)14-8-13(9-19-2)4-3-5-15-13;/h6,15H,3-5,7-9H2,1-2H3,(H,14,17);1H. The Kier molecular flexibility index (Phi) is 7.10. The highest BCUT2D eigenvalue weighted by molar-refractivity contribution is 5.92. The molecule has 0 spiro atoms. The van der Waals surface area contributed by atoms with Gasteiger partial charge >= 0.3 is 0 Å². The van der Waals surface area contributed by atoms with Crippen molar-refractivity contribution in [1.82, 2.24) is 15.8 Å². The zero-order chi connectivity index (χ0) is 14.4. The van der Waals surface area contributed by atoms with Crippen LogP contribution in [0.5, 0.6) is 0 Å². The van der Waals surface area contributed by atoms with Crippen LogP contribution in [0.25, 0.3) is 0 Å². The third-order valence-electron chi connectivity index (χ3n) is 3.42. The van der Waals surface area contributed by atoms with Crippen molar-refractivity contribution in [2.75, 3.05) is 33.9 Å². The van der Waals surface area contributed by atoms with Crippen LogP contribution < -0.4 is 10.6 Å². The second-order valence-corrected chi connectivity index (χ2v) is 5.04. The number of carbonyl (C=O) groups is 1. The molecule has 1 unspecified atom stereocenters. The van der Waals surface area contributed by atoms with E-state index in [1.807, 2.05) is 0 Å².